The number of benzene rings is 1. The molecule has 0 aromatic heterocycles. The predicted molar refractivity (Wildman–Crippen MR) is 63.8 cm³/mol. The molecule has 0 spiro atoms. The standard InChI is InChI=1S/C14H18F3/c1-9(2)10-7-6-8-11(13(3,4)5)12(10)14(15,16)17/h6-8H,1-5H3. The van der Waals surface area contributed by atoms with Gasteiger partial charge in [-0.05, 0) is 22.5 Å². The van der Waals surface area contributed by atoms with Crippen LogP contribution in [0.25, 0.3) is 0 Å². The predicted octanol–water partition coefficient (Wildman–Crippen LogP) is 4.97. The van der Waals surface area contributed by atoms with Gasteiger partial charge in [0.05, 0.1) is 5.56 Å². The van der Waals surface area contributed by atoms with Crippen LogP contribution in [0, 0.1) is 5.92 Å². The van der Waals surface area contributed by atoms with Crippen LogP contribution >= 0.6 is 0 Å². The second-order valence-electron chi connectivity index (χ2n) is 5.48. The molecule has 95 valence electrons. The highest BCUT2D eigenvalue weighted by Crippen LogP contribution is 2.41. The Morgan fingerprint density at radius 3 is 1.88 bits per heavy atom. The van der Waals surface area contributed by atoms with E-state index in [2.05, 4.69) is 0 Å². The highest BCUT2D eigenvalue weighted by molar-refractivity contribution is 5.46. The van der Waals surface area contributed by atoms with Gasteiger partial charge in [-0.25, -0.2) is 0 Å². The number of hydrogen-bond donors (Lipinski definition) is 0. The third kappa shape index (κ3) is 3.02. The largest absolute Gasteiger partial charge is 0.416 e. The fourth-order valence-electron chi connectivity index (χ4n) is 1.90. The van der Waals surface area contributed by atoms with Crippen molar-refractivity contribution in [1.29, 1.82) is 0 Å². The van der Waals surface area contributed by atoms with E-state index < -0.39 is 17.2 Å². The first-order chi connectivity index (χ1) is 7.55. The summed E-state index contributed by atoms with van der Waals surface area (Å²) >= 11 is 0. The zero-order valence-corrected chi connectivity index (χ0v) is 10.9. The lowest BCUT2D eigenvalue weighted by Gasteiger charge is -2.27. The molecule has 0 atom stereocenters. The summed E-state index contributed by atoms with van der Waals surface area (Å²) < 4.78 is 39.6. The summed E-state index contributed by atoms with van der Waals surface area (Å²) in [6.07, 6.45) is -4.31. The van der Waals surface area contributed by atoms with Crippen LogP contribution in [0.4, 0.5) is 13.2 Å². The molecule has 0 amide bonds. The molecule has 0 aliphatic carbocycles. The quantitative estimate of drug-likeness (QED) is 0.653. The molecule has 1 aromatic carbocycles. The molecular weight excluding hydrogens is 225 g/mol. The summed E-state index contributed by atoms with van der Waals surface area (Å²) in [6, 6.07) is 4.79. The van der Waals surface area contributed by atoms with E-state index in [1.807, 2.05) is 0 Å². The molecule has 1 aromatic rings. The lowest BCUT2D eigenvalue weighted by Crippen LogP contribution is -2.22. The Labute approximate surface area is 101 Å². The van der Waals surface area contributed by atoms with Gasteiger partial charge in [-0.15, -0.1) is 0 Å². The Kier molecular flexibility index (Phi) is 3.60. The summed E-state index contributed by atoms with van der Waals surface area (Å²) in [5.74, 6) is 0.684. The SMILES string of the molecule is C[C](C)c1cccc(C(C)(C)C)c1C(F)(F)F. The van der Waals surface area contributed by atoms with Crippen molar-refractivity contribution in [1.82, 2.24) is 0 Å². The van der Waals surface area contributed by atoms with Gasteiger partial charge in [-0.1, -0.05) is 52.8 Å². The van der Waals surface area contributed by atoms with E-state index in [4.69, 9.17) is 0 Å². The van der Waals surface area contributed by atoms with E-state index >= 15 is 0 Å². The van der Waals surface area contributed by atoms with E-state index in [-0.39, 0.29) is 0 Å². The molecule has 0 heterocycles. The third-order valence-corrected chi connectivity index (χ3v) is 2.69. The van der Waals surface area contributed by atoms with Crippen LogP contribution in [-0.2, 0) is 11.6 Å². The van der Waals surface area contributed by atoms with Gasteiger partial charge in [-0.3, -0.25) is 0 Å². The van der Waals surface area contributed by atoms with E-state index in [0.29, 0.717) is 17.0 Å². The van der Waals surface area contributed by atoms with Gasteiger partial charge < -0.3 is 0 Å². The third-order valence-electron chi connectivity index (χ3n) is 2.69. The average molecular weight is 243 g/mol. The molecule has 0 nitrogen and oxygen atoms in total. The van der Waals surface area contributed by atoms with Crippen molar-refractivity contribution in [2.24, 2.45) is 0 Å². The highest BCUT2D eigenvalue weighted by Gasteiger charge is 2.39. The van der Waals surface area contributed by atoms with Crippen LogP contribution in [-0.4, -0.2) is 0 Å². The minimum atomic E-state index is -4.31. The molecule has 0 unspecified atom stereocenters. The number of hydrogen-bond acceptors (Lipinski definition) is 0. The fourth-order valence-corrected chi connectivity index (χ4v) is 1.90. The van der Waals surface area contributed by atoms with E-state index in [9.17, 15) is 13.2 Å². The van der Waals surface area contributed by atoms with Crippen molar-refractivity contribution in [3.63, 3.8) is 0 Å². The molecule has 0 fully saturated rings. The monoisotopic (exact) mass is 243 g/mol. The first kappa shape index (κ1) is 14.1. The van der Waals surface area contributed by atoms with Gasteiger partial charge in [0.15, 0.2) is 0 Å². The maximum atomic E-state index is 13.2. The zero-order valence-electron chi connectivity index (χ0n) is 10.9. The Morgan fingerprint density at radius 2 is 1.53 bits per heavy atom. The second kappa shape index (κ2) is 4.35. The lowest BCUT2D eigenvalue weighted by molar-refractivity contribution is -0.139. The molecule has 0 aliphatic rings. The van der Waals surface area contributed by atoms with Gasteiger partial charge in [0.1, 0.15) is 0 Å². The molecule has 0 saturated carbocycles. The van der Waals surface area contributed by atoms with E-state index in [1.54, 1.807) is 46.8 Å². The maximum Gasteiger partial charge on any atom is 0.416 e. The maximum absolute atomic E-state index is 13.2. The Balaban J connectivity index is 3.58. The van der Waals surface area contributed by atoms with Gasteiger partial charge in [0.2, 0.25) is 0 Å². The van der Waals surface area contributed by atoms with Crippen LogP contribution < -0.4 is 0 Å². The fraction of sp³-hybridized carbons (Fsp3) is 0.500. The summed E-state index contributed by atoms with van der Waals surface area (Å²) in [4.78, 5) is 0. The van der Waals surface area contributed by atoms with Crippen molar-refractivity contribution >= 4 is 0 Å². The summed E-state index contributed by atoms with van der Waals surface area (Å²) in [5.41, 5.74) is -0.364. The van der Waals surface area contributed by atoms with Crippen molar-refractivity contribution in [2.75, 3.05) is 0 Å². The van der Waals surface area contributed by atoms with Gasteiger partial charge in [0.25, 0.3) is 0 Å². The Morgan fingerprint density at radius 1 is 1.00 bits per heavy atom. The number of alkyl halides is 3. The Bertz CT molecular complexity index is 395. The topological polar surface area (TPSA) is 0 Å². The van der Waals surface area contributed by atoms with Crippen molar-refractivity contribution in [2.45, 2.75) is 46.2 Å². The van der Waals surface area contributed by atoms with E-state index in [0.717, 1.165) is 0 Å². The summed E-state index contributed by atoms with van der Waals surface area (Å²) in [5, 5.41) is 0. The van der Waals surface area contributed by atoms with Crippen molar-refractivity contribution in [3.05, 3.63) is 40.8 Å². The van der Waals surface area contributed by atoms with Gasteiger partial charge >= 0.3 is 6.18 Å². The van der Waals surface area contributed by atoms with Crippen LogP contribution in [0.3, 0.4) is 0 Å². The van der Waals surface area contributed by atoms with Crippen molar-refractivity contribution in [3.8, 4) is 0 Å². The molecule has 1 radical (unpaired) electrons. The lowest BCUT2D eigenvalue weighted by atomic mass is 9.80. The van der Waals surface area contributed by atoms with Crippen LogP contribution in [0.15, 0.2) is 18.2 Å². The minimum absolute atomic E-state index is 0.296. The average Bonchev–Trinajstić information content (AvgIpc) is 2.13. The number of halogens is 3. The van der Waals surface area contributed by atoms with Crippen LogP contribution in [0.2, 0.25) is 0 Å². The number of rotatable bonds is 1. The van der Waals surface area contributed by atoms with Gasteiger partial charge in [0, 0.05) is 0 Å². The van der Waals surface area contributed by atoms with Crippen molar-refractivity contribution < 1.29 is 13.2 Å². The molecule has 17 heavy (non-hydrogen) atoms. The second-order valence-corrected chi connectivity index (χ2v) is 5.48. The molecule has 0 N–H and O–H groups in total. The zero-order chi connectivity index (χ0) is 13.4. The summed E-state index contributed by atoms with van der Waals surface area (Å²) in [7, 11) is 0. The normalized spacial score (nSPS) is 13.2. The molecule has 0 bridgehead atoms. The smallest absolute Gasteiger partial charge is 0.166 e. The highest BCUT2D eigenvalue weighted by atomic mass is 19.4. The minimum Gasteiger partial charge on any atom is -0.166 e. The summed E-state index contributed by atoms with van der Waals surface area (Å²) in [6.45, 7) is 8.80. The molecule has 0 saturated heterocycles. The molecule has 1 rings (SSSR count). The molecule has 0 aliphatic heterocycles. The van der Waals surface area contributed by atoms with E-state index in [1.165, 1.54) is 6.07 Å². The van der Waals surface area contributed by atoms with Crippen LogP contribution in [0.5, 0.6) is 0 Å². The molecule has 3 heteroatoms. The first-order valence-corrected chi connectivity index (χ1v) is 5.56. The molecular formula is C14H18F3. The first-order valence-electron chi connectivity index (χ1n) is 5.56. The van der Waals surface area contributed by atoms with Gasteiger partial charge in [-0.2, -0.15) is 13.2 Å². The Hall–Kier alpha value is -0.990. The van der Waals surface area contributed by atoms with Crippen LogP contribution in [0.1, 0.15) is 51.3 Å².